The predicted octanol–water partition coefficient (Wildman–Crippen LogP) is 4.56. The summed E-state index contributed by atoms with van der Waals surface area (Å²) in [5, 5.41) is 3.45. The van der Waals surface area contributed by atoms with Crippen molar-refractivity contribution < 1.29 is 13.2 Å². The minimum atomic E-state index is -4.59. The van der Waals surface area contributed by atoms with Crippen LogP contribution in [0.2, 0.25) is 0 Å². The Balaban J connectivity index is 1.45. The van der Waals surface area contributed by atoms with Gasteiger partial charge in [0.15, 0.2) is 5.69 Å². The van der Waals surface area contributed by atoms with Gasteiger partial charge in [0.25, 0.3) is 5.56 Å². The fourth-order valence-electron chi connectivity index (χ4n) is 5.75. The second kappa shape index (κ2) is 10.2. The maximum Gasteiger partial charge on any atom is 0.406 e. The van der Waals surface area contributed by atoms with E-state index in [1.165, 1.54) is 11.3 Å². The van der Waals surface area contributed by atoms with Gasteiger partial charge in [-0.2, -0.15) is 13.2 Å². The Morgan fingerprint density at radius 3 is 2.77 bits per heavy atom. The van der Waals surface area contributed by atoms with Crippen LogP contribution in [0.4, 0.5) is 24.5 Å². The first kappa shape index (κ1) is 26.3. The number of fused-ring (bicyclic) bond motifs is 2. The van der Waals surface area contributed by atoms with Gasteiger partial charge in [-0.05, 0) is 55.1 Å². The average molecular weight is 567 g/mol. The molecule has 1 saturated heterocycles. The lowest BCUT2D eigenvalue weighted by Crippen LogP contribution is -2.41. The Morgan fingerprint density at radius 2 is 2.02 bits per heavy atom. The number of alkyl halides is 3. The molecule has 6 rings (SSSR count). The van der Waals surface area contributed by atoms with Gasteiger partial charge in [-0.25, -0.2) is 9.64 Å². The van der Waals surface area contributed by atoms with E-state index in [0.29, 0.717) is 26.7 Å². The summed E-state index contributed by atoms with van der Waals surface area (Å²) < 4.78 is 41.0. The number of aryl methyl sites for hydroxylation is 1. The molecule has 0 radical (unpaired) electrons. The fraction of sp³-hybridized carbons (Fsp3) is 0.357. The second-order valence-corrected chi connectivity index (χ2v) is 11.2. The lowest BCUT2D eigenvalue weighted by Gasteiger charge is -2.38. The van der Waals surface area contributed by atoms with Crippen molar-refractivity contribution in [3.05, 3.63) is 85.4 Å². The molecule has 0 amide bonds. The number of hydrogen-bond donors (Lipinski definition) is 1. The maximum absolute atomic E-state index is 12.9. The van der Waals surface area contributed by atoms with Gasteiger partial charge < -0.3 is 10.2 Å². The number of pyridine rings is 1. The van der Waals surface area contributed by atoms with Crippen molar-refractivity contribution in [1.29, 1.82) is 0 Å². The summed E-state index contributed by atoms with van der Waals surface area (Å²) in [6.07, 6.45) is 0.906. The van der Waals surface area contributed by atoms with Gasteiger partial charge in [0, 0.05) is 53.7 Å². The van der Waals surface area contributed by atoms with Crippen molar-refractivity contribution in [2.75, 3.05) is 24.5 Å². The molecule has 3 aromatic heterocycles. The number of benzene rings is 1. The van der Waals surface area contributed by atoms with Crippen LogP contribution >= 0.6 is 11.3 Å². The van der Waals surface area contributed by atoms with E-state index in [0.717, 1.165) is 82.8 Å². The predicted molar refractivity (Wildman–Crippen MR) is 148 cm³/mol. The van der Waals surface area contributed by atoms with Crippen LogP contribution in [-0.2, 0) is 19.5 Å². The molecule has 1 aromatic carbocycles. The molecule has 2 aliphatic rings. The first-order valence-corrected chi connectivity index (χ1v) is 13.8. The van der Waals surface area contributed by atoms with Crippen LogP contribution in [0.1, 0.15) is 23.3 Å². The first-order chi connectivity index (χ1) is 19.2. The third-order valence-electron chi connectivity index (χ3n) is 7.47. The van der Waals surface area contributed by atoms with E-state index in [9.17, 15) is 22.8 Å². The zero-order chi connectivity index (χ0) is 28.0. The molecule has 8 nitrogen and oxygen atoms in total. The summed E-state index contributed by atoms with van der Waals surface area (Å²) in [5.74, 6) is 0. The molecular formula is C28H25F3N6O2S. The van der Waals surface area contributed by atoms with E-state index in [1.54, 1.807) is 12.3 Å². The van der Waals surface area contributed by atoms with Crippen molar-refractivity contribution in [1.82, 2.24) is 19.4 Å². The van der Waals surface area contributed by atoms with Crippen molar-refractivity contribution in [3.8, 4) is 11.1 Å². The normalized spacial score (nSPS) is 17.2. The van der Waals surface area contributed by atoms with Gasteiger partial charge >= 0.3 is 11.9 Å². The van der Waals surface area contributed by atoms with Crippen LogP contribution in [-0.4, -0.2) is 46.0 Å². The van der Waals surface area contributed by atoms with E-state index in [2.05, 4.69) is 20.0 Å². The SMILES string of the molecule is [C-]#[N+]c1cc2c(c(-c3ccnc4cc(Cn5c(=O)ccn(CC(F)(F)F)c5=O)sc34)c1)N([C@H]1CCNC1)CCC2. The van der Waals surface area contributed by atoms with Gasteiger partial charge in [-0.3, -0.25) is 18.9 Å². The lowest BCUT2D eigenvalue weighted by molar-refractivity contribution is -0.141. The number of halogens is 3. The van der Waals surface area contributed by atoms with Crippen LogP contribution < -0.4 is 21.5 Å². The minimum absolute atomic E-state index is 0.170. The zero-order valence-electron chi connectivity index (χ0n) is 21.4. The van der Waals surface area contributed by atoms with Gasteiger partial charge in [-0.15, -0.1) is 11.3 Å². The molecule has 0 unspecified atom stereocenters. The lowest BCUT2D eigenvalue weighted by atomic mass is 9.92. The Hall–Kier alpha value is -3.95. The Bertz CT molecular complexity index is 1760. The molecule has 0 spiro atoms. The average Bonchev–Trinajstić information content (AvgIpc) is 3.61. The molecule has 12 heteroatoms. The van der Waals surface area contributed by atoms with Crippen LogP contribution in [0.5, 0.6) is 0 Å². The standard InChI is InChI=1S/C28H25F3N6O2S/c1-32-18-11-17-3-2-9-36(19-4-7-33-14-19)25(17)22(12-18)21-5-8-34-23-13-20(40-26(21)23)15-37-24(38)6-10-35(27(37)39)16-28(29,30)31/h5-6,8,10-13,19,33H,2-4,7,9,14-16H2/t19-/m0/s1. The third kappa shape index (κ3) is 4.91. The highest BCUT2D eigenvalue weighted by molar-refractivity contribution is 7.19. The van der Waals surface area contributed by atoms with E-state index in [1.807, 2.05) is 18.2 Å². The number of rotatable bonds is 5. The van der Waals surface area contributed by atoms with E-state index < -0.39 is 24.0 Å². The smallest absolute Gasteiger partial charge is 0.367 e. The maximum atomic E-state index is 12.9. The Morgan fingerprint density at radius 1 is 1.18 bits per heavy atom. The Kier molecular flexibility index (Phi) is 6.72. The molecule has 40 heavy (non-hydrogen) atoms. The Labute approximate surface area is 231 Å². The van der Waals surface area contributed by atoms with Crippen LogP contribution in [0, 0.1) is 6.57 Å². The summed E-state index contributed by atoms with van der Waals surface area (Å²) in [5.41, 5.74) is 3.64. The molecule has 206 valence electrons. The van der Waals surface area contributed by atoms with Crippen molar-refractivity contribution in [3.63, 3.8) is 0 Å². The van der Waals surface area contributed by atoms with Gasteiger partial charge in [-0.1, -0.05) is 6.07 Å². The third-order valence-corrected chi connectivity index (χ3v) is 8.61. The molecule has 0 aliphatic carbocycles. The quantitative estimate of drug-likeness (QED) is 0.359. The van der Waals surface area contributed by atoms with Gasteiger partial charge in [0.05, 0.1) is 23.3 Å². The van der Waals surface area contributed by atoms with E-state index in [-0.39, 0.29) is 6.54 Å². The van der Waals surface area contributed by atoms with E-state index in [4.69, 9.17) is 6.57 Å². The topological polar surface area (TPSA) is 76.5 Å². The molecule has 0 bridgehead atoms. The molecule has 2 aliphatic heterocycles. The van der Waals surface area contributed by atoms with Gasteiger partial charge in [0.1, 0.15) is 6.54 Å². The molecule has 5 heterocycles. The summed E-state index contributed by atoms with van der Waals surface area (Å²) in [4.78, 5) is 36.5. The molecule has 0 saturated carbocycles. The van der Waals surface area contributed by atoms with Gasteiger partial charge in [0.2, 0.25) is 0 Å². The van der Waals surface area contributed by atoms with Crippen molar-refractivity contribution in [2.45, 2.75) is 44.6 Å². The van der Waals surface area contributed by atoms with E-state index >= 15 is 0 Å². The summed E-state index contributed by atoms with van der Waals surface area (Å²) in [6.45, 7) is 8.84. The fourth-order valence-corrected chi connectivity index (χ4v) is 6.88. The number of thiophene rings is 1. The molecule has 4 aromatic rings. The molecule has 1 N–H and O–H groups in total. The number of anilines is 1. The highest BCUT2D eigenvalue weighted by atomic mass is 32.1. The monoisotopic (exact) mass is 566 g/mol. The number of nitrogens with zero attached hydrogens (tertiary/aromatic N) is 5. The van der Waals surface area contributed by atoms with Crippen LogP contribution in [0.3, 0.4) is 0 Å². The number of aromatic nitrogens is 3. The molecule has 1 atom stereocenters. The highest BCUT2D eigenvalue weighted by Crippen LogP contribution is 2.45. The summed E-state index contributed by atoms with van der Waals surface area (Å²) in [6, 6.07) is 8.90. The second-order valence-electron chi connectivity index (χ2n) is 10.1. The van der Waals surface area contributed by atoms with Crippen molar-refractivity contribution in [2.24, 2.45) is 0 Å². The number of hydrogen-bond acceptors (Lipinski definition) is 6. The molecular weight excluding hydrogens is 541 g/mol. The zero-order valence-corrected chi connectivity index (χ0v) is 22.2. The summed E-state index contributed by atoms with van der Waals surface area (Å²) >= 11 is 1.35. The molecule has 1 fully saturated rings. The van der Waals surface area contributed by atoms with Crippen LogP contribution in [0.25, 0.3) is 26.2 Å². The van der Waals surface area contributed by atoms with Crippen molar-refractivity contribution >= 4 is 32.9 Å². The minimum Gasteiger partial charge on any atom is -0.367 e. The van der Waals surface area contributed by atoms with Crippen LogP contribution in [0.15, 0.2) is 52.3 Å². The first-order valence-electron chi connectivity index (χ1n) is 13.0. The highest BCUT2D eigenvalue weighted by Gasteiger charge is 2.31. The number of nitrogens with one attached hydrogen (secondary N) is 1. The largest absolute Gasteiger partial charge is 0.406 e. The summed E-state index contributed by atoms with van der Waals surface area (Å²) in [7, 11) is 0.